The Morgan fingerprint density at radius 3 is 2.38 bits per heavy atom. The van der Waals surface area contributed by atoms with Crippen LogP contribution in [0.1, 0.15) is 32.4 Å². The Kier molecular flexibility index (Phi) is 4.55. The summed E-state index contributed by atoms with van der Waals surface area (Å²) in [6.45, 7) is 3.82. The highest BCUT2D eigenvalue weighted by molar-refractivity contribution is 5.31. The van der Waals surface area contributed by atoms with E-state index < -0.39 is 11.9 Å². The standard InChI is InChI=1S/C13H18F3N3O2/c1-7-4-9(5-8(2)20-7)21-11-6-10(13(14,15)16)18-12(17-3)19-11/h6-9H,4-5H2,1-3H3,(H,17,18,19). The summed E-state index contributed by atoms with van der Waals surface area (Å²) >= 11 is 0. The lowest BCUT2D eigenvalue weighted by Crippen LogP contribution is -2.36. The van der Waals surface area contributed by atoms with Crippen molar-refractivity contribution < 1.29 is 22.6 Å². The largest absolute Gasteiger partial charge is 0.474 e. The molecule has 1 aromatic rings. The first-order valence-electron chi connectivity index (χ1n) is 6.74. The lowest BCUT2D eigenvalue weighted by atomic mass is 10.0. The molecule has 2 unspecified atom stereocenters. The quantitative estimate of drug-likeness (QED) is 0.930. The van der Waals surface area contributed by atoms with Crippen LogP contribution in [0.5, 0.6) is 5.88 Å². The van der Waals surface area contributed by atoms with E-state index in [1.165, 1.54) is 7.05 Å². The van der Waals surface area contributed by atoms with E-state index in [-0.39, 0.29) is 30.1 Å². The number of nitrogens with zero attached hydrogens (tertiary/aromatic N) is 2. The Balaban J connectivity index is 2.19. The van der Waals surface area contributed by atoms with Crippen molar-refractivity contribution in [3.05, 3.63) is 11.8 Å². The van der Waals surface area contributed by atoms with E-state index in [9.17, 15) is 13.2 Å². The molecular formula is C13H18F3N3O2. The van der Waals surface area contributed by atoms with Crippen LogP contribution in [0.3, 0.4) is 0 Å². The summed E-state index contributed by atoms with van der Waals surface area (Å²) in [6.07, 6.45) is -3.51. The van der Waals surface area contributed by atoms with Gasteiger partial charge in [0.05, 0.1) is 12.2 Å². The van der Waals surface area contributed by atoms with Gasteiger partial charge >= 0.3 is 6.18 Å². The number of hydrogen-bond donors (Lipinski definition) is 1. The van der Waals surface area contributed by atoms with Gasteiger partial charge in [0.15, 0.2) is 5.69 Å². The number of halogens is 3. The van der Waals surface area contributed by atoms with Crippen LogP contribution >= 0.6 is 0 Å². The molecule has 2 heterocycles. The van der Waals surface area contributed by atoms with Crippen LogP contribution in [0.15, 0.2) is 6.07 Å². The molecule has 2 rings (SSSR count). The predicted molar refractivity (Wildman–Crippen MR) is 70.2 cm³/mol. The smallest absolute Gasteiger partial charge is 0.433 e. The highest BCUT2D eigenvalue weighted by Gasteiger charge is 2.34. The van der Waals surface area contributed by atoms with Crippen molar-refractivity contribution >= 4 is 5.95 Å². The number of anilines is 1. The molecule has 1 aliphatic heterocycles. The summed E-state index contributed by atoms with van der Waals surface area (Å²) in [5.41, 5.74) is -1.02. The normalized spacial score (nSPS) is 26.5. The van der Waals surface area contributed by atoms with E-state index in [2.05, 4.69) is 15.3 Å². The topological polar surface area (TPSA) is 56.3 Å². The third-order valence-corrected chi connectivity index (χ3v) is 3.16. The maximum absolute atomic E-state index is 12.8. The number of hydrogen-bond acceptors (Lipinski definition) is 5. The van der Waals surface area contributed by atoms with Crippen LogP contribution in [0.25, 0.3) is 0 Å². The van der Waals surface area contributed by atoms with Gasteiger partial charge < -0.3 is 14.8 Å². The number of rotatable bonds is 3. The molecule has 0 aliphatic carbocycles. The lowest BCUT2D eigenvalue weighted by molar-refractivity contribution is -0.141. The van der Waals surface area contributed by atoms with Gasteiger partial charge in [0.2, 0.25) is 11.8 Å². The maximum atomic E-state index is 12.8. The highest BCUT2D eigenvalue weighted by atomic mass is 19.4. The Morgan fingerprint density at radius 2 is 1.86 bits per heavy atom. The summed E-state index contributed by atoms with van der Waals surface area (Å²) in [7, 11) is 1.46. The van der Waals surface area contributed by atoms with E-state index in [1.54, 1.807) is 0 Å². The van der Waals surface area contributed by atoms with Gasteiger partial charge in [0.25, 0.3) is 0 Å². The van der Waals surface area contributed by atoms with Gasteiger partial charge in [-0.05, 0) is 13.8 Å². The first kappa shape index (κ1) is 15.8. The molecule has 1 N–H and O–H groups in total. The fourth-order valence-corrected chi connectivity index (χ4v) is 2.35. The summed E-state index contributed by atoms with van der Waals surface area (Å²) < 4.78 is 49.6. The molecule has 8 heteroatoms. The minimum atomic E-state index is -4.54. The van der Waals surface area contributed by atoms with E-state index in [1.807, 2.05) is 13.8 Å². The second-order valence-electron chi connectivity index (χ2n) is 5.13. The third-order valence-electron chi connectivity index (χ3n) is 3.16. The third kappa shape index (κ3) is 4.20. The van der Waals surface area contributed by atoms with E-state index in [0.717, 1.165) is 6.07 Å². The van der Waals surface area contributed by atoms with Crippen LogP contribution < -0.4 is 10.1 Å². The van der Waals surface area contributed by atoms with Crippen molar-refractivity contribution in [3.8, 4) is 5.88 Å². The summed E-state index contributed by atoms with van der Waals surface area (Å²) in [4.78, 5) is 7.32. The SMILES string of the molecule is CNc1nc(OC2CC(C)OC(C)C2)cc(C(F)(F)F)n1. The average Bonchev–Trinajstić information content (AvgIpc) is 2.36. The molecule has 1 saturated heterocycles. The molecule has 1 aromatic heterocycles. The van der Waals surface area contributed by atoms with Gasteiger partial charge in [-0.15, -0.1) is 0 Å². The minimum absolute atomic E-state index is 0.00597. The minimum Gasteiger partial charge on any atom is -0.474 e. The molecular weight excluding hydrogens is 287 g/mol. The average molecular weight is 305 g/mol. The second-order valence-corrected chi connectivity index (χ2v) is 5.13. The molecule has 0 aromatic carbocycles. The van der Waals surface area contributed by atoms with Crippen molar-refractivity contribution in [1.82, 2.24) is 9.97 Å². The molecule has 0 saturated carbocycles. The van der Waals surface area contributed by atoms with Gasteiger partial charge in [-0.1, -0.05) is 0 Å². The Labute approximate surface area is 120 Å². The predicted octanol–water partition coefficient (Wildman–Crippen LogP) is 2.87. The monoisotopic (exact) mass is 305 g/mol. The van der Waals surface area contributed by atoms with Crippen LogP contribution in [-0.4, -0.2) is 35.3 Å². The molecule has 118 valence electrons. The zero-order chi connectivity index (χ0) is 15.6. The summed E-state index contributed by atoms with van der Waals surface area (Å²) in [5.74, 6) is -0.194. The maximum Gasteiger partial charge on any atom is 0.433 e. The molecule has 0 amide bonds. The molecule has 2 atom stereocenters. The first-order valence-corrected chi connectivity index (χ1v) is 6.74. The van der Waals surface area contributed by atoms with E-state index in [4.69, 9.17) is 9.47 Å². The number of nitrogens with one attached hydrogen (secondary N) is 1. The van der Waals surface area contributed by atoms with E-state index in [0.29, 0.717) is 12.8 Å². The molecule has 21 heavy (non-hydrogen) atoms. The van der Waals surface area contributed by atoms with Gasteiger partial charge in [-0.2, -0.15) is 18.2 Å². The zero-order valence-electron chi connectivity index (χ0n) is 12.1. The number of aromatic nitrogens is 2. The lowest BCUT2D eigenvalue weighted by Gasteiger charge is -2.32. The second kappa shape index (κ2) is 6.05. The molecule has 1 aliphatic rings. The van der Waals surface area contributed by atoms with Gasteiger partial charge in [0.1, 0.15) is 6.10 Å². The molecule has 5 nitrogen and oxygen atoms in total. The van der Waals surface area contributed by atoms with Crippen LogP contribution in [-0.2, 0) is 10.9 Å². The fraction of sp³-hybridized carbons (Fsp3) is 0.692. The fourth-order valence-electron chi connectivity index (χ4n) is 2.35. The van der Waals surface area contributed by atoms with Crippen LogP contribution in [0, 0.1) is 0 Å². The number of alkyl halides is 3. The molecule has 0 radical (unpaired) electrons. The Bertz CT molecular complexity index is 486. The van der Waals surface area contributed by atoms with Crippen molar-refractivity contribution in [2.24, 2.45) is 0 Å². The Hall–Kier alpha value is -1.57. The van der Waals surface area contributed by atoms with Crippen molar-refractivity contribution in [3.63, 3.8) is 0 Å². The molecule has 0 spiro atoms. The van der Waals surface area contributed by atoms with Crippen LogP contribution in [0.4, 0.5) is 19.1 Å². The van der Waals surface area contributed by atoms with Gasteiger partial charge in [0, 0.05) is 26.0 Å². The summed E-state index contributed by atoms with van der Waals surface area (Å²) in [5, 5.41) is 2.51. The molecule has 1 fully saturated rings. The first-order chi connectivity index (χ1) is 9.77. The Morgan fingerprint density at radius 1 is 1.24 bits per heavy atom. The molecule has 0 bridgehead atoms. The summed E-state index contributed by atoms with van der Waals surface area (Å²) in [6, 6.07) is 0.825. The van der Waals surface area contributed by atoms with Crippen molar-refractivity contribution in [2.45, 2.75) is 51.2 Å². The van der Waals surface area contributed by atoms with Crippen LogP contribution in [0.2, 0.25) is 0 Å². The number of ether oxygens (including phenoxy) is 2. The van der Waals surface area contributed by atoms with Gasteiger partial charge in [-0.3, -0.25) is 0 Å². The van der Waals surface area contributed by atoms with Crippen molar-refractivity contribution in [2.75, 3.05) is 12.4 Å². The zero-order valence-corrected chi connectivity index (χ0v) is 12.1. The van der Waals surface area contributed by atoms with Crippen molar-refractivity contribution in [1.29, 1.82) is 0 Å². The highest BCUT2D eigenvalue weighted by Crippen LogP contribution is 2.31. The van der Waals surface area contributed by atoms with Gasteiger partial charge in [-0.25, -0.2) is 4.98 Å². The van der Waals surface area contributed by atoms with E-state index >= 15 is 0 Å².